The van der Waals surface area contributed by atoms with E-state index < -0.39 is 17.8 Å². The molecule has 1 aromatic heterocycles. The zero-order chi connectivity index (χ0) is 26.4. The first-order valence-electron chi connectivity index (χ1n) is 11.6. The molecule has 0 radical (unpaired) electrons. The number of ether oxygens (including phenoxy) is 3. The Labute approximate surface area is 218 Å². The number of thiophene rings is 1. The van der Waals surface area contributed by atoms with Crippen molar-refractivity contribution in [2.75, 3.05) is 41.0 Å². The largest absolute Gasteiger partial charge is 0.497 e. The summed E-state index contributed by atoms with van der Waals surface area (Å²) < 4.78 is 30.9. The van der Waals surface area contributed by atoms with Crippen molar-refractivity contribution in [1.82, 2.24) is 9.91 Å². The van der Waals surface area contributed by atoms with Crippen molar-refractivity contribution >= 4 is 28.9 Å². The molecule has 0 aliphatic carbocycles. The van der Waals surface area contributed by atoms with Gasteiger partial charge in [-0.15, -0.1) is 11.3 Å². The predicted octanol–water partition coefficient (Wildman–Crippen LogP) is 4.37. The lowest BCUT2D eigenvalue weighted by Gasteiger charge is -2.26. The van der Waals surface area contributed by atoms with Crippen LogP contribution in [0, 0.1) is 5.82 Å². The molecule has 0 spiro atoms. The molecule has 0 saturated carbocycles. The molecule has 37 heavy (non-hydrogen) atoms. The summed E-state index contributed by atoms with van der Waals surface area (Å²) in [4.78, 5) is 28.7. The lowest BCUT2D eigenvalue weighted by molar-refractivity contribution is -0.133. The first-order chi connectivity index (χ1) is 18.0. The SMILES string of the molecule is COCCN(CC(=O)N1N=C(c2ccc(OC)cc2OC)C[C@@H]1c1ccccc1F)C(=O)c1cccs1. The van der Waals surface area contributed by atoms with Crippen LogP contribution in [-0.2, 0) is 9.53 Å². The van der Waals surface area contributed by atoms with Gasteiger partial charge in [0.2, 0.25) is 0 Å². The van der Waals surface area contributed by atoms with Crippen molar-refractivity contribution < 1.29 is 28.2 Å². The van der Waals surface area contributed by atoms with E-state index in [0.717, 1.165) is 0 Å². The number of rotatable bonds is 10. The molecule has 3 aromatic rings. The van der Waals surface area contributed by atoms with E-state index in [9.17, 15) is 14.0 Å². The van der Waals surface area contributed by atoms with Crippen molar-refractivity contribution in [1.29, 1.82) is 0 Å². The number of nitrogens with zero attached hydrogens (tertiary/aromatic N) is 3. The van der Waals surface area contributed by atoms with Gasteiger partial charge in [0.05, 0.1) is 37.5 Å². The number of methoxy groups -OCH3 is 3. The third-order valence-corrected chi connectivity index (χ3v) is 6.92. The van der Waals surface area contributed by atoms with Crippen LogP contribution in [0.3, 0.4) is 0 Å². The molecule has 8 nitrogen and oxygen atoms in total. The number of hydrogen-bond donors (Lipinski definition) is 0. The molecule has 2 aromatic carbocycles. The molecule has 1 aliphatic rings. The van der Waals surface area contributed by atoms with E-state index in [-0.39, 0.29) is 32.0 Å². The molecular formula is C27H28FN3O5S. The van der Waals surface area contributed by atoms with Gasteiger partial charge in [-0.2, -0.15) is 5.10 Å². The van der Waals surface area contributed by atoms with Crippen LogP contribution in [0.2, 0.25) is 0 Å². The highest BCUT2D eigenvalue weighted by molar-refractivity contribution is 7.12. The van der Waals surface area contributed by atoms with Crippen LogP contribution in [0.15, 0.2) is 65.1 Å². The monoisotopic (exact) mass is 525 g/mol. The Morgan fingerprint density at radius 1 is 1.11 bits per heavy atom. The standard InChI is InChI=1S/C27H28FN3O5S/c1-34-13-12-30(27(33)25-9-6-14-37-25)17-26(32)31-23(19-7-4-5-8-21(19)28)16-22(29-31)20-11-10-18(35-2)15-24(20)36-3/h4-11,14-15,23H,12-13,16-17H2,1-3H3/t23-/m1/s1. The van der Waals surface area contributed by atoms with Crippen molar-refractivity contribution in [2.45, 2.75) is 12.5 Å². The van der Waals surface area contributed by atoms with E-state index >= 15 is 0 Å². The molecule has 2 heterocycles. The average molecular weight is 526 g/mol. The van der Waals surface area contributed by atoms with Crippen LogP contribution >= 0.6 is 11.3 Å². The Kier molecular flexibility index (Phi) is 8.52. The van der Waals surface area contributed by atoms with E-state index in [0.29, 0.717) is 33.2 Å². The van der Waals surface area contributed by atoms with Gasteiger partial charge in [-0.1, -0.05) is 24.3 Å². The average Bonchev–Trinajstić information content (AvgIpc) is 3.61. The highest BCUT2D eigenvalue weighted by Crippen LogP contribution is 2.37. The fraction of sp³-hybridized carbons (Fsp3) is 0.296. The first kappa shape index (κ1) is 26.3. The van der Waals surface area contributed by atoms with Crippen LogP contribution in [0.1, 0.15) is 33.3 Å². The van der Waals surface area contributed by atoms with Gasteiger partial charge in [-0.3, -0.25) is 9.59 Å². The second-order valence-electron chi connectivity index (χ2n) is 8.29. The Morgan fingerprint density at radius 2 is 1.92 bits per heavy atom. The van der Waals surface area contributed by atoms with Gasteiger partial charge in [0, 0.05) is 37.3 Å². The molecule has 1 aliphatic heterocycles. The fourth-order valence-corrected chi connectivity index (χ4v) is 4.86. The normalized spacial score (nSPS) is 14.9. The molecule has 1 atom stereocenters. The molecule has 4 rings (SSSR count). The third kappa shape index (κ3) is 5.81. The quantitative estimate of drug-likeness (QED) is 0.393. The summed E-state index contributed by atoms with van der Waals surface area (Å²) in [6.07, 6.45) is 0.270. The summed E-state index contributed by atoms with van der Waals surface area (Å²) in [7, 11) is 4.63. The van der Waals surface area contributed by atoms with Crippen LogP contribution < -0.4 is 9.47 Å². The maximum Gasteiger partial charge on any atom is 0.264 e. The van der Waals surface area contributed by atoms with Crippen LogP contribution in [0.25, 0.3) is 0 Å². The molecule has 0 unspecified atom stereocenters. The minimum absolute atomic E-state index is 0.222. The van der Waals surface area contributed by atoms with Crippen molar-refractivity contribution in [3.63, 3.8) is 0 Å². The molecule has 0 fully saturated rings. The Morgan fingerprint density at radius 3 is 2.59 bits per heavy atom. The fourth-order valence-electron chi connectivity index (χ4n) is 4.17. The maximum absolute atomic E-state index is 14.9. The lowest BCUT2D eigenvalue weighted by atomic mass is 9.97. The van der Waals surface area contributed by atoms with Gasteiger partial charge in [-0.25, -0.2) is 9.40 Å². The van der Waals surface area contributed by atoms with Gasteiger partial charge < -0.3 is 19.1 Å². The minimum atomic E-state index is -0.684. The lowest BCUT2D eigenvalue weighted by Crippen LogP contribution is -2.42. The molecule has 194 valence electrons. The summed E-state index contributed by atoms with van der Waals surface area (Å²) in [5.74, 6) is -0.0120. The molecule has 2 amide bonds. The second-order valence-corrected chi connectivity index (χ2v) is 9.24. The highest BCUT2D eigenvalue weighted by Gasteiger charge is 2.36. The van der Waals surface area contributed by atoms with Gasteiger partial charge >= 0.3 is 0 Å². The predicted molar refractivity (Wildman–Crippen MR) is 139 cm³/mol. The number of hydrogen-bond acceptors (Lipinski definition) is 7. The van der Waals surface area contributed by atoms with Crippen molar-refractivity contribution in [3.05, 3.63) is 81.8 Å². The van der Waals surface area contributed by atoms with Gasteiger partial charge in [0.1, 0.15) is 23.9 Å². The molecule has 10 heteroatoms. The van der Waals surface area contributed by atoms with E-state index in [1.54, 1.807) is 61.0 Å². The summed E-state index contributed by atoms with van der Waals surface area (Å²) in [6.45, 7) is 0.250. The number of hydrazone groups is 1. The van der Waals surface area contributed by atoms with Crippen LogP contribution in [0.5, 0.6) is 11.5 Å². The Hall–Kier alpha value is -3.76. The Bertz CT molecular complexity index is 1280. The Balaban J connectivity index is 1.68. The third-order valence-electron chi connectivity index (χ3n) is 6.06. The number of amides is 2. The maximum atomic E-state index is 14.9. The van der Waals surface area contributed by atoms with E-state index in [1.165, 1.54) is 41.5 Å². The number of carbonyl (C=O) groups excluding carboxylic acids is 2. The molecule has 0 N–H and O–H groups in total. The summed E-state index contributed by atoms with van der Waals surface area (Å²) in [5.41, 5.74) is 1.58. The highest BCUT2D eigenvalue weighted by atomic mass is 32.1. The van der Waals surface area contributed by atoms with E-state index in [2.05, 4.69) is 5.10 Å². The first-order valence-corrected chi connectivity index (χ1v) is 12.5. The van der Waals surface area contributed by atoms with Gasteiger partial charge in [-0.05, 0) is 29.6 Å². The zero-order valence-electron chi connectivity index (χ0n) is 20.8. The minimum Gasteiger partial charge on any atom is -0.497 e. The van der Waals surface area contributed by atoms with Gasteiger partial charge in [0.15, 0.2) is 0 Å². The van der Waals surface area contributed by atoms with Crippen molar-refractivity contribution in [2.24, 2.45) is 5.10 Å². The van der Waals surface area contributed by atoms with E-state index in [1.807, 2.05) is 0 Å². The summed E-state index contributed by atoms with van der Waals surface area (Å²) >= 11 is 1.30. The van der Waals surface area contributed by atoms with Gasteiger partial charge in [0.25, 0.3) is 11.8 Å². The number of carbonyl (C=O) groups is 2. The zero-order valence-corrected chi connectivity index (χ0v) is 21.7. The van der Waals surface area contributed by atoms with E-state index in [4.69, 9.17) is 14.2 Å². The summed E-state index contributed by atoms with van der Waals surface area (Å²) in [6, 6.07) is 14.4. The number of benzene rings is 2. The van der Waals surface area contributed by atoms with Crippen LogP contribution in [-0.4, -0.2) is 68.5 Å². The second kappa shape index (κ2) is 12.0. The number of halogens is 1. The smallest absolute Gasteiger partial charge is 0.264 e. The molecule has 0 saturated heterocycles. The van der Waals surface area contributed by atoms with Crippen LogP contribution in [0.4, 0.5) is 4.39 Å². The molecular weight excluding hydrogens is 497 g/mol. The topological polar surface area (TPSA) is 80.7 Å². The summed E-state index contributed by atoms with van der Waals surface area (Å²) in [5, 5.41) is 7.70. The van der Waals surface area contributed by atoms with Crippen molar-refractivity contribution in [3.8, 4) is 11.5 Å². The molecule has 0 bridgehead atoms.